The van der Waals surface area contributed by atoms with Gasteiger partial charge in [0.1, 0.15) is 17.8 Å². The van der Waals surface area contributed by atoms with Crippen LogP contribution in [-0.4, -0.2) is 36.3 Å². The molecule has 0 spiro atoms. The lowest BCUT2D eigenvalue weighted by Gasteiger charge is -2.12. The van der Waals surface area contributed by atoms with E-state index in [1.807, 2.05) is 0 Å². The van der Waals surface area contributed by atoms with E-state index in [1.165, 1.54) is 32.6 Å². The summed E-state index contributed by atoms with van der Waals surface area (Å²) in [7, 11) is 2.99. The van der Waals surface area contributed by atoms with Crippen molar-refractivity contribution in [1.29, 1.82) is 0 Å². The Balaban J connectivity index is 1.73. The number of hydrazone groups is 1. The minimum absolute atomic E-state index is 0.118. The standard InChI is InChI=1S/C21H17BrN4O6/c1-30-16-6-3-14(4-7-16)21(27)32-20-17(22)9-13(10-18(20)31-2)11-24-25-19-8-5-15(12-23-19)26(28)29/h3-12H,1-2H3,(H,23,25)/b24-11-. The first-order valence-electron chi connectivity index (χ1n) is 9.04. The zero-order chi connectivity index (χ0) is 23.1. The number of hydrogen-bond donors (Lipinski definition) is 1. The molecule has 10 nitrogen and oxygen atoms in total. The van der Waals surface area contributed by atoms with E-state index >= 15 is 0 Å². The molecule has 0 fully saturated rings. The summed E-state index contributed by atoms with van der Waals surface area (Å²) in [5, 5.41) is 14.7. The summed E-state index contributed by atoms with van der Waals surface area (Å²) < 4.78 is 16.4. The number of pyridine rings is 1. The number of carbonyl (C=O) groups excluding carboxylic acids is 1. The first-order valence-corrected chi connectivity index (χ1v) is 9.84. The van der Waals surface area contributed by atoms with Crippen LogP contribution in [0.5, 0.6) is 17.2 Å². The Hall–Kier alpha value is -3.99. The first-order chi connectivity index (χ1) is 15.4. The van der Waals surface area contributed by atoms with E-state index in [9.17, 15) is 14.9 Å². The van der Waals surface area contributed by atoms with Crippen LogP contribution < -0.4 is 19.6 Å². The third-order valence-electron chi connectivity index (χ3n) is 4.12. The maximum Gasteiger partial charge on any atom is 0.343 e. The van der Waals surface area contributed by atoms with E-state index in [0.29, 0.717) is 32.9 Å². The summed E-state index contributed by atoms with van der Waals surface area (Å²) in [6, 6.07) is 12.6. The lowest BCUT2D eigenvalue weighted by molar-refractivity contribution is -0.385. The Morgan fingerprint density at radius 3 is 2.50 bits per heavy atom. The third-order valence-corrected chi connectivity index (χ3v) is 4.71. The van der Waals surface area contributed by atoms with Gasteiger partial charge in [-0.05, 0) is 64.0 Å². The quantitative estimate of drug-likeness (QED) is 0.158. The van der Waals surface area contributed by atoms with Crippen LogP contribution in [0.2, 0.25) is 0 Å². The average molecular weight is 501 g/mol. The molecule has 0 aliphatic rings. The minimum atomic E-state index is -0.556. The zero-order valence-corrected chi connectivity index (χ0v) is 18.5. The molecule has 1 heterocycles. The molecule has 164 valence electrons. The number of halogens is 1. The molecular weight excluding hydrogens is 484 g/mol. The van der Waals surface area contributed by atoms with Gasteiger partial charge in [-0.1, -0.05) is 0 Å². The Bertz CT molecular complexity index is 1150. The number of aromatic nitrogens is 1. The number of nitrogens with zero attached hydrogens (tertiary/aromatic N) is 3. The van der Waals surface area contributed by atoms with Crippen molar-refractivity contribution in [3.63, 3.8) is 0 Å². The first kappa shape index (κ1) is 22.7. The third kappa shape index (κ3) is 5.58. The highest BCUT2D eigenvalue weighted by Crippen LogP contribution is 2.37. The van der Waals surface area contributed by atoms with E-state index in [1.54, 1.807) is 36.4 Å². The topological polar surface area (TPSA) is 125 Å². The van der Waals surface area contributed by atoms with Gasteiger partial charge in [0.25, 0.3) is 5.69 Å². The van der Waals surface area contributed by atoms with Crippen molar-refractivity contribution >= 4 is 39.6 Å². The van der Waals surface area contributed by atoms with Gasteiger partial charge in [-0.2, -0.15) is 5.10 Å². The largest absolute Gasteiger partial charge is 0.497 e. The summed E-state index contributed by atoms with van der Waals surface area (Å²) in [4.78, 5) is 26.5. The fraction of sp³-hybridized carbons (Fsp3) is 0.0952. The van der Waals surface area contributed by atoms with Crippen LogP contribution in [0, 0.1) is 10.1 Å². The molecule has 0 radical (unpaired) electrons. The lowest BCUT2D eigenvalue weighted by Crippen LogP contribution is -2.10. The monoisotopic (exact) mass is 500 g/mol. The SMILES string of the molecule is COc1ccc(C(=O)Oc2c(Br)cc(/C=N\Nc3ccc([N+](=O)[O-])cn3)cc2OC)cc1. The molecule has 0 atom stereocenters. The second kappa shape index (κ2) is 10.4. The van der Waals surface area contributed by atoms with Gasteiger partial charge >= 0.3 is 5.97 Å². The molecule has 32 heavy (non-hydrogen) atoms. The molecule has 0 bridgehead atoms. The van der Waals surface area contributed by atoms with Crippen molar-refractivity contribution in [2.45, 2.75) is 0 Å². The van der Waals surface area contributed by atoms with E-state index in [4.69, 9.17) is 14.2 Å². The molecule has 1 N–H and O–H groups in total. The molecule has 0 unspecified atom stereocenters. The second-order valence-electron chi connectivity index (χ2n) is 6.18. The number of rotatable bonds is 8. The molecule has 2 aromatic carbocycles. The fourth-order valence-corrected chi connectivity index (χ4v) is 3.07. The second-order valence-corrected chi connectivity index (χ2v) is 7.04. The summed E-state index contributed by atoms with van der Waals surface area (Å²) >= 11 is 3.39. The summed E-state index contributed by atoms with van der Waals surface area (Å²) in [5.74, 6) is 0.940. The van der Waals surface area contributed by atoms with Crippen LogP contribution in [0.25, 0.3) is 0 Å². The number of nitrogens with one attached hydrogen (secondary N) is 1. The van der Waals surface area contributed by atoms with Gasteiger partial charge in [0, 0.05) is 6.07 Å². The average Bonchev–Trinajstić information content (AvgIpc) is 2.80. The fourth-order valence-electron chi connectivity index (χ4n) is 2.53. The molecule has 1 aromatic heterocycles. The zero-order valence-electron chi connectivity index (χ0n) is 16.9. The Morgan fingerprint density at radius 1 is 1.16 bits per heavy atom. The molecule has 0 aliphatic heterocycles. The number of hydrogen-bond acceptors (Lipinski definition) is 9. The number of nitro groups is 1. The highest BCUT2D eigenvalue weighted by atomic mass is 79.9. The van der Waals surface area contributed by atoms with Gasteiger partial charge in [0.05, 0.1) is 35.4 Å². The number of ether oxygens (including phenoxy) is 3. The van der Waals surface area contributed by atoms with E-state index in [-0.39, 0.29) is 11.4 Å². The Morgan fingerprint density at radius 2 is 1.91 bits per heavy atom. The van der Waals surface area contributed by atoms with Crippen LogP contribution in [0.1, 0.15) is 15.9 Å². The van der Waals surface area contributed by atoms with Crippen molar-refractivity contribution in [2.24, 2.45) is 5.10 Å². The Labute approximate surface area is 191 Å². The summed E-state index contributed by atoms with van der Waals surface area (Å²) in [6.07, 6.45) is 2.62. The Kier molecular flexibility index (Phi) is 7.34. The highest BCUT2D eigenvalue weighted by molar-refractivity contribution is 9.10. The van der Waals surface area contributed by atoms with Crippen LogP contribution in [-0.2, 0) is 0 Å². The van der Waals surface area contributed by atoms with Crippen LogP contribution in [0.3, 0.4) is 0 Å². The number of anilines is 1. The number of carbonyl (C=O) groups is 1. The van der Waals surface area contributed by atoms with Gasteiger partial charge in [-0.25, -0.2) is 9.78 Å². The van der Waals surface area contributed by atoms with E-state index in [0.717, 1.165) is 6.20 Å². The molecule has 0 amide bonds. The summed E-state index contributed by atoms with van der Waals surface area (Å²) in [5.41, 5.74) is 3.54. The molecule has 0 saturated carbocycles. The van der Waals surface area contributed by atoms with Gasteiger partial charge in [-0.15, -0.1) is 0 Å². The van der Waals surface area contributed by atoms with E-state index in [2.05, 4.69) is 31.4 Å². The normalized spacial score (nSPS) is 10.6. The summed E-state index contributed by atoms with van der Waals surface area (Å²) in [6.45, 7) is 0. The number of benzene rings is 2. The van der Waals surface area contributed by atoms with Crippen LogP contribution >= 0.6 is 15.9 Å². The van der Waals surface area contributed by atoms with Gasteiger partial charge in [-0.3, -0.25) is 15.5 Å². The minimum Gasteiger partial charge on any atom is -0.497 e. The van der Waals surface area contributed by atoms with Gasteiger partial charge in [0.2, 0.25) is 0 Å². The molecule has 3 rings (SSSR count). The van der Waals surface area contributed by atoms with Crippen molar-refractivity contribution in [2.75, 3.05) is 19.6 Å². The maximum atomic E-state index is 12.5. The number of esters is 1. The lowest BCUT2D eigenvalue weighted by atomic mass is 10.2. The molecular formula is C21H17BrN4O6. The predicted octanol–water partition coefficient (Wildman–Crippen LogP) is 4.43. The van der Waals surface area contributed by atoms with Crippen LogP contribution in [0.15, 0.2) is 64.3 Å². The van der Waals surface area contributed by atoms with E-state index < -0.39 is 10.9 Å². The smallest absolute Gasteiger partial charge is 0.343 e. The van der Waals surface area contributed by atoms with Gasteiger partial charge in [0.15, 0.2) is 11.5 Å². The molecule has 0 saturated heterocycles. The molecule has 3 aromatic rings. The predicted molar refractivity (Wildman–Crippen MR) is 121 cm³/mol. The maximum absolute atomic E-state index is 12.5. The number of methoxy groups -OCH3 is 2. The van der Waals surface area contributed by atoms with Crippen molar-refractivity contribution in [3.05, 3.63) is 80.4 Å². The molecule has 0 aliphatic carbocycles. The van der Waals surface area contributed by atoms with Crippen molar-refractivity contribution in [1.82, 2.24) is 4.98 Å². The molecule has 11 heteroatoms. The van der Waals surface area contributed by atoms with Crippen molar-refractivity contribution in [3.8, 4) is 17.2 Å². The van der Waals surface area contributed by atoms with Crippen molar-refractivity contribution < 1.29 is 23.9 Å². The van der Waals surface area contributed by atoms with Crippen LogP contribution in [0.4, 0.5) is 11.5 Å². The van der Waals surface area contributed by atoms with Gasteiger partial charge < -0.3 is 14.2 Å². The highest BCUT2D eigenvalue weighted by Gasteiger charge is 2.17.